The van der Waals surface area contributed by atoms with E-state index in [1.807, 2.05) is 29.5 Å². The number of carbonyl (C=O) groups excluding carboxylic acids is 1. The summed E-state index contributed by atoms with van der Waals surface area (Å²) in [5, 5.41) is 4.40. The van der Waals surface area contributed by atoms with E-state index in [1.54, 1.807) is 0 Å². The fourth-order valence-electron chi connectivity index (χ4n) is 2.89. The second-order valence-electron chi connectivity index (χ2n) is 5.33. The van der Waals surface area contributed by atoms with E-state index in [4.69, 9.17) is 0 Å². The normalized spacial score (nSPS) is 24.3. The van der Waals surface area contributed by atoms with Crippen molar-refractivity contribution in [2.24, 2.45) is 0 Å². The van der Waals surface area contributed by atoms with Crippen LogP contribution in [0.15, 0.2) is 6.07 Å². The van der Waals surface area contributed by atoms with E-state index in [2.05, 4.69) is 18.9 Å². The van der Waals surface area contributed by atoms with Crippen LogP contribution in [0.3, 0.4) is 0 Å². The Morgan fingerprint density at radius 3 is 2.50 bits per heavy atom. The molecule has 0 N–H and O–H groups in total. The van der Waals surface area contributed by atoms with Crippen LogP contribution in [-0.4, -0.2) is 32.7 Å². The Morgan fingerprint density at radius 1 is 1.39 bits per heavy atom. The largest absolute Gasteiger partial charge is 0.332 e. The number of nitrogens with zero attached hydrogens (tertiary/aromatic N) is 3. The molecule has 2 atom stereocenters. The number of hydrogen-bond acceptors (Lipinski definition) is 2. The minimum Gasteiger partial charge on any atom is -0.332 e. The first-order chi connectivity index (χ1) is 8.54. The summed E-state index contributed by atoms with van der Waals surface area (Å²) in [6, 6.07) is 2.56. The van der Waals surface area contributed by atoms with Gasteiger partial charge in [-0.15, -0.1) is 0 Å². The lowest BCUT2D eigenvalue weighted by molar-refractivity contribution is 0.0503. The third-order valence-electron chi connectivity index (χ3n) is 3.93. The molecule has 0 spiro atoms. The number of amides is 1. The fraction of sp³-hybridized carbons (Fsp3) is 0.714. The summed E-state index contributed by atoms with van der Waals surface area (Å²) in [6.45, 7) is 9.12. The smallest absolute Gasteiger partial charge is 0.274 e. The van der Waals surface area contributed by atoms with Gasteiger partial charge in [0, 0.05) is 24.3 Å². The maximum Gasteiger partial charge on any atom is 0.274 e. The molecule has 1 amide bonds. The molecule has 1 fully saturated rings. The highest BCUT2D eigenvalue weighted by Gasteiger charge is 2.30. The first kappa shape index (κ1) is 13.1. The molecule has 100 valence electrons. The van der Waals surface area contributed by atoms with E-state index in [0.29, 0.717) is 17.8 Å². The van der Waals surface area contributed by atoms with Gasteiger partial charge in [0.25, 0.3) is 5.91 Å². The number of carbonyl (C=O) groups is 1. The second kappa shape index (κ2) is 5.12. The minimum atomic E-state index is 0.0880. The zero-order valence-corrected chi connectivity index (χ0v) is 11.8. The molecule has 0 aliphatic carbocycles. The molecule has 18 heavy (non-hydrogen) atoms. The minimum absolute atomic E-state index is 0.0880. The molecule has 1 aromatic heterocycles. The van der Waals surface area contributed by atoms with Crippen LogP contribution in [0.4, 0.5) is 0 Å². The van der Waals surface area contributed by atoms with Crippen molar-refractivity contribution >= 4 is 5.91 Å². The van der Waals surface area contributed by atoms with Crippen molar-refractivity contribution in [3.8, 4) is 0 Å². The molecule has 2 heterocycles. The maximum absolute atomic E-state index is 12.6. The molecule has 2 rings (SSSR count). The van der Waals surface area contributed by atoms with Crippen LogP contribution in [0.5, 0.6) is 0 Å². The van der Waals surface area contributed by atoms with Crippen LogP contribution in [0.1, 0.15) is 56.2 Å². The standard InChI is InChI=1S/C14H23N3O/c1-5-16-12(4)9-13(15-16)14(18)17-10(2)7-6-8-11(17)3/h9-11H,5-8H2,1-4H3. The first-order valence-electron chi connectivity index (χ1n) is 6.91. The Kier molecular flexibility index (Phi) is 3.73. The van der Waals surface area contributed by atoms with Crippen molar-refractivity contribution < 1.29 is 4.79 Å². The van der Waals surface area contributed by atoms with Crippen molar-refractivity contribution in [1.29, 1.82) is 0 Å². The van der Waals surface area contributed by atoms with Crippen LogP contribution in [0.2, 0.25) is 0 Å². The Morgan fingerprint density at radius 2 is 2.00 bits per heavy atom. The van der Waals surface area contributed by atoms with Crippen LogP contribution in [-0.2, 0) is 6.54 Å². The van der Waals surface area contributed by atoms with E-state index in [0.717, 1.165) is 25.1 Å². The van der Waals surface area contributed by atoms with Gasteiger partial charge in [0.1, 0.15) is 0 Å². The summed E-state index contributed by atoms with van der Waals surface area (Å²) < 4.78 is 1.88. The molecule has 1 aromatic rings. The highest BCUT2D eigenvalue weighted by Crippen LogP contribution is 2.24. The number of aromatic nitrogens is 2. The summed E-state index contributed by atoms with van der Waals surface area (Å²) in [4.78, 5) is 14.6. The van der Waals surface area contributed by atoms with Crippen LogP contribution in [0.25, 0.3) is 0 Å². The topological polar surface area (TPSA) is 38.1 Å². The molecule has 0 saturated carbocycles. The average Bonchev–Trinajstić information content (AvgIpc) is 2.70. The number of piperidine rings is 1. The molecule has 0 radical (unpaired) electrons. The van der Waals surface area contributed by atoms with Gasteiger partial charge in [-0.3, -0.25) is 9.48 Å². The summed E-state index contributed by atoms with van der Waals surface area (Å²) in [5.74, 6) is 0.0880. The van der Waals surface area contributed by atoms with Gasteiger partial charge in [0.2, 0.25) is 0 Å². The van der Waals surface area contributed by atoms with Crippen LogP contribution < -0.4 is 0 Å². The lowest BCUT2D eigenvalue weighted by Crippen LogP contribution is -2.47. The maximum atomic E-state index is 12.6. The Bertz CT molecular complexity index is 428. The molecule has 1 aliphatic heterocycles. The molecular weight excluding hydrogens is 226 g/mol. The molecule has 4 nitrogen and oxygen atoms in total. The van der Waals surface area contributed by atoms with Crippen molar-refractivity contribution in [2.75, 3.05) is 0 Å². The SMILES string of the molecule is CCn1nc(C(=O)N2C(C)CCCC2C)cc1C. The average molecular weight is 249 g/mol. The number of rotatable bonds is 2. The Hall–Kier alpha value is -1.32. The molecule has 2 unspecified atom stereocenters. The Labute approximate surface area is 109 Å². The number of likely N-dealkylation sites (tertiary alicyclic amines) is 1. The Balaban J connectivity index is 2.23. The summed E-state index contributed by atoms with van der Waals surface area (Å²) in [6.07, 6.45) is 3.42. The zero-order valence-electron chi connectivity index (χ0n) is 11.8. The van der Waals surface area contributed by atoms with Gasteiger partial charge in [-0.25, -0.2) is 0 Å². The van der Waals surface area contributed by atoms with Gasteiger partial charge in [0.15, 0.2) is 5.69 Å². The van der Waals surface area contributed by atoms with Crippen LogP contribution in [0, 0.1) is 6.92 Å². The molecule has 4 heteroatoms. The van der Waals surface area contributed by atoms with Crippen molar-refractivity contribution in [3.63, 3.8) is 0 Å². The number of aryl methyl sites for hydroxylation is 2. The van der Waals surface area contributed by atoms with Gasteiger partial charge in [-0.05, 0) is 53.0 Å². The monoisotopic (exact) mass is 249 g/mol. The quantitative estimate of drug-likeness (QED) is 0.808. The molecular formula is C14H23N3O. The second-order valence-corrected chi connectivity index (χ2v) is 5.33. The van der Waals surface area contributed by atoms with E-state index in [-0.39, 0.29) is 5.91 Å². The summed E-state index contributed by atoms with van der Waals surface area (Å²) in [5.41, 5.74) is 1.65. The van der Waals surface area contributed by atoms with Gasteiger partial charge < -0.3 is 4.90 Å². The zero-order chi connectivity index (χ0) is 13.3. The van der Waals surface area contributed by atoms with Gasteiger partial charge in [-0.2, -0.15) is 5.10 Å². The van der Waals surface area contributed by atoms with Crippen molar-refractivity contribution in [2.45, 2.75) is 65.6 Å². The molecule has 0 bridgehead atoms. The molecule has 1 aliphatic rings. The van der Waals surface area contributed by atoms with Crippen molar-refractivity contribution in [3.05, 3.63) is 17.5 Å². The van der Waals surface area contributed by atoms with E-state index in [1.165, 1.54) is 6.42 Å². The van der Waals surface area contributed by atoms with E-state index >= 15 is 0 Å². The molecule has 1 saturated heterocycles. The predicted molar refractivity (Wildman–Crippen MR) is 71.6 cm³/mol. The van der Waals surface area contributed by atoms with Gasteiger partial charge >= 0.3 is 0 Å². The lowest BCUT2D eigenvalue weighted by atomic mass is 9.97. The van der Waals surface area contributed by atoms with Gasteiger partial charge in [0.05, 0.1) is 0 Å². The third-order valence-corrected chi connectivity index (χ3v) is 3.93. The van der Waals surface area contributed by atoms with Gasteiger partial charge in [-0.1, -0.05) is 0 Å². The predicted octanol–water partition coefficient (Wildman–Crippen LogP) is 2.61. The van der Waals surface area contributed by atoms with E-state index in [9.17, 15) is 4.79 Å². The van der Waals surface area contributed by atoms with Crippen molar-refractivity contribution in [1.82, 2.24) is 14.7 Å². The van der Waals surface area contributed by atoms with Crippen LogP contribution >= 0.6 is 0 Å². The highest BCUT2D eigenvalue weighted by atomic mass is 16.2. The van der Waals surface area contributed by atoms with E-state index < -0.39 is 0 Å². The lowest BCUT2D eigenvalue weighted by Gasteiger charge is -2.38. The third kappa shape index (κ3) is 2.28. The first-order valence-corrected chi connectivity index (χ1v) is 6.91. The number of hydrogen-bond donors (Lipinski definition) is 0. The summed E-state index contributed by atoms with van der Waals surface area (Å²) in [7, 11) is 0. The molecule has 0 aromatic carbocycles. The summed E-state index contributed by atoms with van der Waals surface area (Å²) >= 11 is 0. The fourth-order valence-corrected chi connectivity index (χ4v) is 2.89. The highest BCUT2D eigenvalue weighted by molar-refractivity contribution is 5.92.